The van der Waals surface area contributed by atoms with Crippen LogP contribution in [0.4, 0.5) is 14.9 Å². The average molecular weight is 330 g/mol. The molecule has 1 aromatic carbocycles. The molecule has 0 saturated heterocycles. The molecule has 9 heteroatoms. The van der Waals surface area contributed by atoms with Gasteiger partial charge in [0, 0.05) is 31.0 Å². The summed E-state index contributed by atoms with van der Waals surface area (Å²) in [5, 5.41) is 15.6. The second kappa shape index (κ2) is 6.41. The Morgan fingerprint density at radius 2 is 2.08 bits per heavy atom. The molecule has 0 fully saturated rings. The lowest BCUT2D eigenvalue weighted by Gasteiger charge is -2.21. The summed E-state index contributed by atoms with van der Waals surface area (Å²) >= 11 is 0. The fourth-order valence-electron chi connectivity index (χ4n) is 2.26. The van der Waals surface area contributed by atoms with E-state index in [0.29, 0.717) is 12.0 Å². The lowest BCUT2D eigenvalue weighted by molar-refractivity contribution is -0.384. The molecule has 0 unspecified atom stereocenters. The van der Waals surface area contributed by atoms with Crippen molar-refractivity contribution in [3.8, 4) is 5.75 Å². The van der Waals surface area contributed by atoms with Crippen molar-refractivity contribution >= 4 is 18.0 Å². The summed E-state index contributed by atoms with van der Waals surface area (Å²) in [5.74, 6) is -0.369. The smallest absolute Gasteiger partial charge is 0.409 e. The molecule has 0 bridgehead atoms. The van der Waals surface area contributed by atoms with E-state index < -0.39 is 22.9 Å². The Hall–Kier alpha value is -3.36. The van der Waals surface area contributed by atoms with Gasteiger partial charge in [-0.15, -0.1) is 0 Å². The van der Waals surface area contributed by atoms with E-state index in [9.17, 15) is 19.3 Å². The normalized spacial score (nSPS) is 16.2. The van der Waals surface area contributed by atoms with Crippen LogP contribution in [-0.4, -0.2) is 27.2 Å². The molecule has 0 saturated carbocycles. The monoisotopic (exact) mass is 330 g/mol. The van der Waals surface area contributed by atoms with Gasteiger partial charge in [0.05, 0.1) is 17.2 Å². The Kier molecular flexibility index (Phi) is 4.15. The van der Waals surface area contributed by atoms with Gasteiger partial charge < -0.3 is 4.74 Å². The van der Waals surface area contributed by atoms with Crippen molar-refractivity contribution in [3.05, 3.63) is 64.2 Å². The molecule has 1 amide bonds. The molecule has 1 aliphatic rings. The van der Waals surface area contributed by atoms with Crippen LogP contribution in [0.1, 0.15) is 18.0 Å². The number of amides is 1. The topological polar surface area (TPSA) is 97.9 Å². The number of ether oxygens (including phenoxy) is 1. The Morgan fingerprint density at radius 3 is 2.75 bits per heavy atom. The second-order valence-corrected chi connectivity index (χ2v) is 4.95. The fourth-order valence-corrected chi connectivity index (χ4v) is 2.26. The van der Waals surface area contributed by atoms with E-state index in [1.54, 1.807) is 0 Å². The number of nitrogens with zero attached hydrogens (tertiary/aromatic N) is 4. The Labute approximate surface area is 135 Å². The Morgan fingerprint density at radius 1 is 1.33 bits per heavy atom. The third kappa shape index (κ3) is 3.19. The number of pyridine rings is 1. The molecule has 24 heavy (non-hydrogen) atoms. The van der Waals surface area contributed by atoms with Crippen LogP contribution in [0.2, 0.25) is 0 Å². The maximum absolute atomic E-state index is 13.3. The zero-order chi connectivity index (χ0) is 17.1. The number of hydrogen-bond acceptors (Lipinski definition) is 6. The predicted octanol–water partition coefficient (Wildman–Crippen LogP) is 3.06. The third-order valence-electron chi connectivity index (χ3n) is 3.38. The average Bonchev–Trinajstić information content (AvgIpc) is 3.05. The van der Waals surface area contributed by atoms with E-state index in [1.807, 2.05) is 0 Å². The number of hydrogen-bond donors (Lipinski definition) is 0. The van der Waals surface area contributed by atoms with Crippen molar-refractivity contribution < 1.29 is 18.8 Å². The molecule has 2 aromatic rings. The highest BCUT2D eigenvalue weighted by molar-refractivity contribution is 5.75. The van der Waals surface area contributed by atoms with Crippen LogP contribution in [0.15, 0.2) is 47.8 Å². The van der Waals surface area contributed by atoms with Crippen LogP contribution in [0.3, 0.4) is 0 Å². The number of hydrazone groups is 1. The molecule has 8 nitrogen and oxygen atoms in total. The molecule has 0 N–H and O–H groups in total. The van der Waals surface area contributed by atoms with E-state index in [0.717, 1.165) is 11.2 Å². The van der Waals surface area contributed by atoms with Gasteiger partial charge in [0.2, 0.25) is 0 Å². The molecule has 2 heterocycles. The van der Waals surface area contributed by atoms with Crippen molar-refractivity contribution in [2.75, 3.05) is 0 Å². The molecule has 1 aliphatic heterocycles. The van der Waals surface area contributed by atoms with E-state index >= 15 is 0 Å². The van der Waals surface area contributed by atoms with E-state index in [1.165, 1.54) is 42.7 Å². The fraction of sp³-hybridized carbons (Fsp3) is 0.133. The van der Waals surface area contributed by atoms with Crippen LogP contribution in [0.5, 0.6) is 5.75 Å². The van der Waals surface area contributed by atoms with E-state index in [2.05, 4.69) is 10.1 Å². The Bertz CT molecular complexity index is 809. The SMILES string of the molecule is O=C(Oc1ccc([N+](=O)[O-])cc1)N1N=CC[C@H]1c1cncc(F)c1. The largest absolute Gasteiger partial charge is 0.436 e. The second-order valence-electron chi connectivity index (χ2n) is 4.95. The van der Waals surface area contributed by atoms with Crippen LogP contribution in [0, 0.1) is 15.9 Å². The van der Waals surface area contributed by atoms with E-state index in [-0.39, 0.29) is 11.4 Å². The van der Waals surface area contributed by atoms with Crippen LogP contribution >= 0.6 is 0 Å². The Balaban J connectivity index is 1.74. The lowest BCUT2D eigenvalue weighted by atomic mass is 10.1. The molecule has 0 radical (unpaired) electrons. The van der Waals surface area contributed by atoms with Gasteiger partial charge in [0.15, 0.2) is 0 Å². The van der Waals surface area contributed by atoms with Gasteiger partial charge in [-0.25, -0.2) is 9.18 Å². The third-order valence-corrected chi connectivity index (χ3v) is 3.38. The predicted molar refractivity (Wildman–Crippen MR) is 81.0 cm³/mol. The maximum atomic E-state index is 13.3. The molecule has 122 valence electrons. The van der Waals surface area contributed by atoms with Gasteiger partial charge in [0.1, 0.15) is 11.6 Å². The number of nitro groups is 1. The van der Waals surface area contributed by atoms with Gasteiger partial charge in [-0.2, -0.15) is 10.1 Å². The highest BCUT2D eigenvalue weighted by Gasteiger charge is 2.30. The van der Waals surface area contributed by atoms with Gasteiger partial charge >= 0.3 is 6.09 Å². The number of aromatic nitrogens is 1. The summed E-state index contributed by atoms with van der Waals surface area (Å²) < 4.78 is 18.5. The minimum Gasteiger partial charge on any atom is -0.409 e. The highest BCUT2D eigenvalue weighted by atomic mass is 19.1. The van der Waals surface area contributed by atoms with Gasteiger partial charge in [-0.3, -0.25) is 15.1 Å². The zero-order valence-corrected chi connectivity index (χ0v) is 12.2. The van der Waals surface area contributed by atoms with Crippen molar-refractivity contribution in [1.82, 2.24) is 9.99 Å². The van der Waals surface area contributed by atoms with Gasteiger partial charge in [0.25, 0.3) is 5.69 Å². The van der Waals surface area contributed by atoms with Crippen LogP contribution < -0.4 is 4.74 Å². The minimum atomic E-state index is -0.771. The molecular weight excluding hydrogens is 319 g/mol. The first kappa shape index (κ1) is 15.5. The zero-order valence-electron chi connectivity index (χ0n) is 12.2. The molecule has 3 rings (SSSR count). The summed E-state index contributed by atoms with van der Waals surface area (Å²) in [6.07, 6.45) is 3.67. The summed E-state index contributed by atoms with van der Waals surface area (Å²) in [4.78, 5) is 26.1. The van der Waals surface area contributed by atoms with Crippen molar-refractivity contribution in [3.63, 3.8) is 0 Å². The van der Waals surface area contributed by atoms with Crippen molar-refractivity contribution in [2.24, 2.45) is 5.10 Å². The van der Waals surface area contributed by atoms with Crippen molar-refractivity contribution in [1.29, 1.82) is 0 Å². The van der Waals surface area contributed by atoms with Crippen molar-refractivity contribution in [2.45, 2.75) is 12.5 Å². The van der Waals surface area contributed by atoms with Gasteiger partial charge in [-0.05, 0) is 23.8 Å². The standard InChI is InChI=1S/C15H11FN4O4/c16-11-7-10(8-17-9-11)14-5-6-18-19(14)15(21)24-13-3-1-12(2-4-13)20(22)23/h1-4,6-9,14H,5H2/t14-/m0/s1. The maximum Gasteiger partial charge on any atom is 0.436 e. The number of carbonyl (C=O) groups is 1. The minimum absolute atomic E-state index is 0.113. The quantitative estimate of drug-likeness (QED) is 0.636. The van der Waals surface area contributed by atoms with Gasteiger partial charge in [-0.1, -0.05) is 0 Å². The summed E-state index contributed by atoms with van der Waals surface area (Å²) in [5.41, 5.74) is 0.380. The lowest BCUT2D eigenvalue weighted by Crippen LogP contribution is -2.30. The molecule has 0 spiro atoms. The molecular formula is C15H11FN4O4. The molecule has 1 aromatic heterocycles. The summed E-state index contributed by atoms with van der Waals surface area (Å²) in [6.45, 7) is 0. The first-order valence-corrected chi connectivity index (χ1v) is 6.93. The summed E-state index contributed by atoms with van der Waals surface area (Å²) in [7, 11) is 0. The number of carbonyl (C=O) groups excluding carboxylic acids is 1. The first-order valence-electron chi connectivity index (χ1n) is 6.93. The number of benzene rings is 1. The number of halogens is 1. The van der Waals surface area contributed by atoms with Crippen LogP contribution in [0.25, 0.3) is 0 Å². The molecule has 0 aliphatic carbocycles. The number of nitro benzene ring substituents is 1. The van der Waals surface area contributed by atoms with E-state index in [4.69, 9.17) is 4.74 Å². The first-order chi connectivity index (χ1) is 11.5. The number of rotatable bonds is 3. The number of non-ortho nitro benzene ring substituents is 1. The molecule has 1 atom stereocenters. The summed E-state index contributed by atoms with van der Waals surface area (Å²) in [6, 6.07) is 5.84. The van der Waals surface area contributed by atoms with Crippen LogP contribution in [-0.2, 0) is 0 Å². The highest BCUT2D eigenvalue weighted by Crippen LogP contribution is 2.29.